The van der Waals surface area contributed by atoms with Gasteiger partial charge in [0.1, 0.15) is 5.82 Å². The maximum absolute atomic E-state index is 15.2. The quantitative estimate of drug-likeness (QED) is 0.284. The van der Waals surface area contributed by atoms with E-state index in [1.807, 2.05) is 6.07 Å². The minimum absolute atomic E-state index is 0.0776. The highest BCUT2D eigenvalue weighted by molar-refractivity contribution is 5.30. The molecule has 0 atom stereocenters. The Hall–Kier alpha value is -0.890. The van der Waals surface area contributed by atoms with Gasteiger partial charge in [-0.05, 0) is 130 Å². The molecule has 0 aliphatic heterocycles. The maximum atomic E-state index is 15.2. The molecule has 2 heteroatoms. The van der Waals surface area contributed by atoms with Gasteiger partial charge in [0.2, 0.25) is 0 Å². The average molecular weight is 485 g/mol. The lowest BCUT2D eigenvalue weighted by atomic mass is 9.68. The fraction of sp³-hybridized carbons (Fsp3) is 0.818. The van der Waals surface area contributed by atoms with Gasteiger partial charge >= 0.3 is 0 Å². The maximum Gasteiger partial charge on any atom is 0.126 e. The number of methoxy groups -OCH3 is 1. The fourth-order valence-electron chi connectivity index (χ4n) is 7.96. The first-order chi connectivity index (χ1) is 17.2. The number of rotatable bonds is 11. The third kappa shape index (κ3) is 7.80. The molecule has 0 bridgehead atoms. The van der Waals surface area contributed by atoms with Crippen molar-refractivity contribution in [3.05, 3.63) is 35.1 Å². The van der Waals surface area contributed by atoms with E-state index in [0.717, 1.165) is 55.1 Å². The number of ether oxygens (including phenoxy) is 1. The Kier molecular flexibility index (Phi) is 11.0. The van der Waals surface area contributed by atoms with Gasteiger partial charge in [0.05, 0.1) is 0 Å². The Labute approximate surface area is 216 Å². The van der Waals surface area contributed by atoms with Crippen LogP contribution in [0.15, 0.2) is 18.2 Å². The molecule has 3 aliphatic carbocycles. The molecule has 0 unspecified atom stereocenters. The Bertz CT molecular complexity index is 721. The third-order valence-electron chi connectivity index (χ3n) is 10.3. The van der Waals surface area contributed by atoms with Gasteiger partial charge in [-0.25, -0.2) is 4.39 Å². The Balaban J connectivity index is 1.20. The standard InChI is InChI=1S/C33H53FO/c1-3-4-5-7-25-9-13-27(14-10-25)28-17-19-29(20-18-28)31-21-22-32(33(34)24-31)30-15-11-26(12-16-30)8-6-23-35-2/h21-22,24-30H,3-20,23H2,1-2H3. The average Bonchev–Trinajstić information content (AvgIpc) is 2.90. The number of unbranched alkanes of at least 4 members (excludes halogenated alkanes) is 2. The second-order valence-corrected chi connectivity index (χ2v) is 12.5. The molecule has 0 N–H and O–H groups in total. The van der Waals surface area contributed by atoms with Crippen molar-refractivity contribution < 1.29 is 9.13 Å². The minimum Gasteiger partial charge on any atom is -0.385 e. The molecule has 198 valence electrons. The predicted octanol–water partition coefficient (Wildman–Crippen LogP) is 10.2. The van der Waals surface area contributed by atoms with Crippen molar-refractivity contribution in [2.24, 2.45) is 23.7 Å². The summed E-state index contributed by atoms with van der Waals surface area (Å²) in [7, 11) is 1.79. The van der Waals surface area contributed by atoms with Crippen LogP contribution in [0.4, 0.5) is 4.39 Å². The zero-order valence-corrected chi connectivity index (χ0v) is 22.9. The van der Waals surface area contributed by atoms with E-state index in [1.165, 1.54) is 102 Å². The van der Waals surface area contributed by atoms with Gasteiger partial charge < -0.3 is 4.74 Å². The van der Waals surface area contributed by atoms with Crippen molar-refractivity contribution >= 4 is 0 Å². The van der Waals surface area contributed by atoms with Crippen molar-refractivity contribution in [2.45, 2.75) is 134 Å². The van der Waals surface area contributed by atoms with E-state index in [1.54, 1.807) is 7.11 Å². The predicted molar refractivity (Wildman–Crippen MR) is 146 cm³/mol. The van der Waals surface area contributed by atoms with Gasteiger partial charge in [-0.15, -0.1) is 0 Å². The van der Waals surface area contributed by atoms with Crippen LogP contribution >= 0.6 is 0 Å². The number of halogens is 1. The Morgan fingerprint density at radius 1 is 0.714 bits per heavy atom. The van der Waals surface area contributed by atoms with E-state index in [0.29, 0.717) is 11.8 Å². The molecule has 3 aliphatic rings. The van der Waals surface area contributed by atoms with E-state index in [4.69, 9.17) is 4.74 Å². The van der Waals surface area contributed by atoms with Crippen molar-refractivity contribution in [1.82, 2.24) is 0 Å². The second-order valence-electron chi connectivity index (χ2n) is 12.5. The first-order valence-corrected chi connectivity index (χ1v) is 15.5. The summed E-state index contributed by atoms with van der Waals surface area (Å²) >= 11 is 0. The lowest BCUT2D eigenvalue weighted by Crippen LogP contribution is -2.25. The van der Waals surface area contributed by atoms with Gasteiger partial charge in [0.25, 0.3) is 0 Å². The molecule has 1 nitrogen and oxygen atoms in total. The molecule has 0 spiro atoms. The highest BCUT2D eigenvalue weighted by atomic mass is 19.1. The molecule has 1 aromatic rings. The van der Waals surface area contributed by atoms with Crippen LogP contribution in [0.3, 0.4) is 0 Å². The first-order valence-electron chi connectivity index (χ1n) is 15.5. The van der Waals surface area contributed by atoms with Gasteiger partial charge in [-0.2, -0.15) is 0 Å². The second kappa shape index (κ2) is 14.2. The normalized spacial score (nSPS) is 32.0. The molecule has 3 saturated carbocycles. The van der Waals surface area contributed by atoms with E-state index in [9.17, 15) is 0 Å². The summed E-state index contributed by atoms with van der Waals surface area (Å²) in [5, 5.41) is 0. The zero-order chi connectivity index (χ0) is 24.5. The first kappa shape index (κ1) is 27.2. The Morgan fingerprint density at radius 2 is 1.29 bits per heavy atom. The monoisotopic (exact) mass is 484 g/mol. The molecule has 4 rings (SSSR count). The van der Waals surface area contributed by atoms with Crippen LogP contribution in [0.25, 0.3) is 0 Å². The summed E-state index contributed by atoms with van der Waals surface area (Å²) in [5.74, 6) is 4.82. The molecule has 0 radical (unpaired) electrons. The van der Waals surface area contributed by atoms with Gasteiger partial charge in [0.15, 0.2) is 0 Å². The van der Waals surface area contributed by atoms with Crippen LogP contribution in [-0.4, -0.2) is 13.7 Å². The van der Waals surface area contributed by atoms with Gasteiger partial charge in [0, 0.05) is 13.7 Å². The number of hydrogen-bond acceptors (Lipinski definition) is 1. The summed E-state index contributed by atoms with van der Waals surface area (Å²) in [4.78, 5) is 0. The summed E-state index contributed by atoms with van der Waals surface area (Å²) in [6, 6.07) is 6.37. The molecule has 0 saturated heterocycles. The van der Waals surface area contributed by atoms with Crippen LogP contribution in [0.2, 0.25) is 0 Å². The van der Waals surface area contributed by atoms with Crippen LogP contribution in [0, 0.1) is 29.5 Å². The summed E-state index contributed by atoms with van der Waals surface area (Å²) < 4.78 is 20.4. The van der Waals surface area contributed by atoms with Crippen molar-refractivity contribution in [2.75, 3.05) is 13.7 Å². The van der Waals surface area contributed by atoms with E-state index < -0.39 is 0 Å². The molecule has 0 heterocycles. The van der Waals surface area contributed by atoms with E-state index in [2.05, 4.69) is 19.1 Å². The minimum atomic E-state index is 0.0776. The fourth-order valence-corrected chi connectivity index (χ4v) is 7.96. The van der Waals surface area contributed by atoms with Crippen LogP contribution in [0.5, 0.6) is 0 Å². The van der Waals surface area contributed by atoms with E-state index >= 15 is 4.39 Å². The van der Waals surface area contributed by atoms with Crippen molar-refractivity contribution in [1.29, 1.82) is 0 Å². The van der Waals surface area contributed by atoms with Crippen LogP contribution in [-0.2, 0) is 4.74 Å². The highest BCUT2D eigenvalue weighted by Gasteiger charge is 2.32. The van der Waals surface area contributed by atoms with Crippen LogP contribution in [0.1, 0.15) is 145 Å². The topological polar surface area (TPSA) is 9.23 Å². The lowest BCUT2D eigenvalue weighted by Gasteiger charge is -2.38. The van der Waals surface area contributed by atoms with Gasteiger partial charge in [-0.1, -0.05) is 57.6 Å². The molecular weight excluding hydrogens is 431 g/mol. The molecule has 0 aromatic heterocycles. The molecule has 35 heavy (non-hydrogen) atoms. The lowest BCUT2D eigenvalue weighted by molar-refractivity contribution is 0.155. The van der Waals surface area contributed by atoms with Gasteiger partial charge in [-0.3, -0.25) is 0 Å². The van der Waals surface area contributed by atoms with Crippen molar-refractivity contribution in [3.63, 3.8) is 0 Å². The molecule has 3 fully saturated rings. The smallest absolute Gasteiger partial charge is 0.126 e. The molecular formula is C33H53FO. The highest BCUT2D eigenvalue weighted by Crippen LogP contribution is 2.45. The number of benzene rings is 1. The molecule has 0 amide bonds. The Morgan fingerprint density at radius 3 is 1.89 bits per heavy atom. The molecule has 1 aromatic carbocycles. The van der Waals surface area contributed by atoms with E-state index in [-0.39, 0.29) is 5.82 Å². The zero-order valence-electron chi connectivity index (χ0n) is 22.9. The van der Waals surface area contributed by atoms with Crippen LogP contribution < -0.4 is 0 Å². The summed E-state index contributed by atoms with van der Waals surface area (Å²) in [6.07, 6.45) is 24.1. The van der Waals surface area contributed by atoms with Crippen molar-refractivity contribution in [3.8, 4) is 0 Å². The number of hydrogen-bond donors (Lipinski definition) is 0. The largest absolute Gasteiger partial charge is 0.385 e. The SMILES string of the molecule is CCCCCC1CCC(C2CCC(c3ccc(C4CCC(CCCOC)CC4)c(F)c3)CC2)CC1. The summed E-state index contributed by atoms with van der Waals surface area (Å²) in [5.41, 5.74) is 2.27. The third-order valence-corrected chi connectivity index (χ3v) is 10.3. The summed E-state index contributed by atoms with van der Waals surface area (Å²) in [6.45, 7) is 3.19.